The highest BCUT2D eigenvalue weighted by atomic mass is 19.1. The van der Waals surface area contributed by atoms with Crippen molar-refractivity contribution in [2.75, 3.05) is 13.1 Å². The fourth-order valence-electron chi connectivity index (χ4n) is 2.30. The molecule has 1 aromatic carbocycles. The summed E-state index contributed by atoms with van der Waals surface area (Å²) in [5, 5.41) is 0. The lowest BCUT2D eigenvalue weighted by Gasteiger charge is -2.41. The van der Waals surface area contributed by atoms with Gasteiger partial charge in [0, 0.05) is 18.7 Å². The minimum Gasteiger partial charge on any atom is -0.369 e. The first-order chi connectivity index (χ1) is 8.84. The van der Waals surface area contributed by atoms with E-state index in [-0.39, 0.29) is 11.8 Å². The van der Waals surface area contributed by atoms with Crippen molar-refractivity contribution in [2.24, 2.45) is 11.7 Å². The molecule has 5 heteroatoms. The van der Waals surface area contributed by atoms with Gasteiger partial charge in [-0.05, 0) is 19.9 Å². The van der Waals surface area contributed by atoms with Crippen LogP contribution in [0, 0.1) is 11.7 Å². The summed E-state index contributed by atoms with van der Waals surface area (Å²) in [5.41, 5.74) is 4.58. The molecule has 1 fully saturated rings. The van der Waals surface area contributed by atoms with Gasteiger partial charge in [0.15, 0.2) is 0 Å². The monoisotopic (exact) mass is 264 g/mol. The Labute approximate surface area is 111 Å². The third-order valence-electron chi connectivity index (χ3n) is 3.65. The Balaban J connectivity index is 2.15. The Morgan fingerprint density at radius 2 is 1.89 bits per heavy atom. The number of benzene rings is 1. The molecule has 1 aliphatic heterocycles. The largest absolute Gasteiger partial charge is 0.369 e. The van der Waals surface area contributed by atoms with Gasteiger partial charge in [0.25, 0.3) is 0 Å². The van der Waals surface area contributed by atoms with Gasteiger partial charge in [-0.15, -0.1) is 0 Å². The Hall–Kier alpha value is -1.91. The molecule has 102 valence electrons. The van der Waals surface area contributed by atoms with Crippen LogP contribution in [-0.4, -0.2) is 29.8 Å². The second-order valence-electron chi connectivity index (χ2n) is 5.41. The number of halogens is 1. The molecule has 0 saturated carbocycles. The first kappa shape index (κ1) is 13.5. The van der Waals surface area contributed by atoms with Crippen LogP contribution in [0.3, 0.4) is 0 Å². The van der Waals surface area contributed by atoms with Gasteiger partial charge in [0.2, 0.25) is 11.8 Å². The molecule has 1 heterocycles. The van der Waals surface area contributed by atoms with Crippen LogP contribution in [0.2, 0.25) is 0 Å². The molecular formula is C14H17FN2O2. The molecule has 4 nitrogen and oxygen atoms in total. The van der Waals surface area contributed by atoms with E-state index >= 15 is 0 Å². The number of hydrogen-bond acceptors (Lipinski definition) is 2. The van der Waals surface area contributed by atoms with Crippen molar-refractivity contribution in [1.29, 1.82) is 0 Å². The quantitative estimate of drug-likeness (QED) is 0.886. The van der Waals surface area contributed by atoms with Crippen LogP contribution < -0.4 is 5.73 Å². The lowest BCUT2D eigenvalue weighted by atomic mass is 9.81. The minimum atomic E-state index is -0.950. The summed E-state index contributed by atoms with van der Waals surface area (Å²) in [6.07, 6.45) is 0. The van der Waals surface area contributed by atoms with Gasteiger partial charge in [-0.1, -0.05) is 18.2 Å². The van der Waals surface area contributed by atoms with Crippen molar-refractivity contribution in [3.05, 3.63) is 35.6 Å². The second-order valence-corrected chi connectivity index (χ2v) is 5.41. The highest BCUT2D eigenvalue weighted by molar-refractivity contribution is 5.90. The van der Waals surface area contributed by atoms with E-state index in [9.17, 15) is 14.0 Å². The van der Waals surface area contributed by atoms with Crippen LogP contribution in [0.4, 0.5) is 4.39 Å². The first-order valence-electron chi connectivity index (χ1n) is 6.17. The summed E-state index contributed by atoms with van der Waals surface area (Å²) in [4.78, 5) is 24.9. The van der Waals surface area contributed by atoms with E-state index in [1.54, 1.807) is 36.9 Å². The lowest BCUT2D eigenvalue weighted by Crippen LogP contribution is -2.58. The number of likely N-dealkylation sites (tertiary alicyclic amines) is 1. The van der Waals surface area contributed by atoms with Gasteiger partial charge in [0.05, 0.1) is 11.3 Å². The van der Waals surface area contributed by atoms with E-state index < -0.39 is 17.1 Å². The van der Waals surface area contributed by atoms with Gasteiger partial charge in [0.1, 0.15) is 5.82 Å². The van der Waals surface area contributed by atoms with E-state index in [4.69, 9.17) is 5.73 Å². The molecule has 1 aromatic rings. The van der Waals surface area contributed by atoms with Gasteiger partial charge in [-0.3, -0.25) is 9.59 Å². The van der Waals surface area contributed by atoms with Gasteiger partial charge in [-0.25, -0.2) is 4.39 Å². The lowest BCUT2D eigenvalue weighted by molar-refractivity contribution is -0.146. The number of carbonyl (C=O) groups is 2. The SMILES string of the molecule is CC(C)(C(=O)N1CC(C(N)=O)C1)c1ccccc1F. The van der Waals surface area contributed by atoms with Crippen LogP contribution in [0.5, 0.6) is 0 Å². The summed E-state index contributed by atoms with van der Waals surface area (Å²) in [5.74, 6) is -1.25. The van der Waals surface area contributed by atoms with Crippen LogP contribution in [-0.2, 0) is 15.0 Å². The van der Waals surface area contributed by atoms with Crippen LogP contribution in [0.25, 0.3) is 0 Å². The van der Waals surface area contributed by atoms with Crippen molar-refractivity contribution in [3.63, 3.8) is 0 Å². The molecule has 1 aliphatic rings. The van der Waals surface area contributed by atoms with E-state index in [1.807, 2.05) is 0 Å². The Bertz CT molecular complexity index is 522. The maximum absolute atomic E-state index is 13.8. The minimum absolute atomic E-state index is 0.185. The Morgan fingerprint density at radius 3 is 2.42 bits per heavy atom. The Morgan fingerprint density at radius 1 is 1.32 bits per heavy atom. The number of primary amides is 1. The Kier molecular flexibility index (Phi) is 3.30. The summed E-state index contributed by atoms with van der Waals surface area (Å²) < 4.78 is 13.8. The van der Waals surface area contributed by atoms with E-state index in [1.165, 1.54) is 6.07 Å². The van der Waals surface area contributed by atoms with Crippen LogP contribution >= 0.6 is 0 Å². The average molecular weight is 264 g/mol. The van der Waals surface area contributed by atoms with Crippen molar-refractivity contribution in [1.82, 2.24) is 4.90 Å². The molecule has 2 N–H and O–H groups in total. The molecule has 0 atom stereocenters. The fraction of sp³-hybridized carbons (Fsp3) is 0.429. The number of hydrogen-bond donors (Lipinski definition) is 1. The molecular weight excluding hydrogens is 247 g/mol. The summed E-state index contributed by atoms with van der Waals surface area (Å²) in [6.45, 7) is 4.02. The molecule has 0 spiro atoms. The maximum Gasteiger partial charge on any atom is 0.232 e. The molecule has 0 radical (unpaired) electrons. The fourth-order valence-corrected chi connectivity index (χ4v) is 2.30. The molecule has 0 bridgehead atoms. The molecule has 2 rings (SSSR count). The number of rotatable bonds is 3. The molecule has 0 unspecified atom stereocenters. The smallest absolute Gasteiger partial charge is 0.232 e. The normalized spacial score (nSPS) is 16.1. The van der Waals surface area contributed by atoms with Crippen molar-refractivity contribution in [2.45, 2.75) is 19.3 Å². The summed E-state index contributed by atoms with van der Waals surface area (Å²) in [7, 11) is 0. The standard InChI is InChI=1S/C14H17FN2O2/c1-14(2,10-5-3-4-6-11(10)15)13(19)17-7-9(8-17)12(16)18/h3-6,9H,7-8H2,1-2H3,(H2,16,18). The van der Waals surface area contributed by atoms with Gasteiger partial charge >= 0.3 is 0 Å². The predicted octanol–water partition coefficient (Wildman–Crippen LogP) is 1.05. The number of amides is 2. The highest BCUT2D eigenvalue weighted by Crippen LogP contribution is 2.30. The summed E-state index contributed by atoms with van der Waals surface area (Å²) in [6, 6.07) is 6.24. The van der Waals surface area contributed by atoms with Gasteiger partial charge in [-0.2, -0.15) is 0 Å². The molecule has 0 aromatic heterocycles. The first-order valence-corrected chi connectivity index (χ1v) is 6.17. The van der Waals surface area contributed by atoms with Crippen molar-refractivity contribution < 1.29 is 14.0 Å². The number of nitrogens with two attached hydrogens (primary N) is 1. The predicted molar refractivity (Wildman–Crippen MR) is 68.7 cm³/mol. The zero-order valence-electron chi connectivity index (χ0n) is 11.0. The van der Waals surface area contributed by atoms with Gasteiger partial charge < -0.3 is 10.6 Å². The topological polar surface area (TPSA) is 63.4 Å². The second kappa shape index (κ2) is 4.64. The van der Waals surface area contributed by atoms with E-state index in [0.29, 0.717) is 18.7 Å². The molecule has 0 aliphatic carbocycles. The highest BCUT2D eigenvalue weighted by Gasteiger charge is 2.42. The van der Waals surface area contributed by atoms with E-state index in [0.717, 1.165) is 0 Å². The van der Waals surface area contributed by atoms with Crippen LogP contribution in [0.15, 0.2) is 24.3 Å². The molecule has 1 saturated heterocycles. The number of nitrogens with zero attached hydrogens (tertiary/aromatic N) is 1. The van der Waals surface area contributed by atoms with Crippen LogP contribution in [0.1, 0.15) is 19.4 Å². The maximum atomic E-state index is 13.8. The third-order valence-corrected chi connectivity index (χ3v) is 3.65. The third kappa shape index (κ3) is 2.32. The zero-order chi connectivity index (χ0) is 14.2. The molecule has 2 amide bonds. The molecule has 19 heavy (non-hydrogen) atoms. The average Bonchev–Trinajstić information content (AvgIpc) is 2.26. The van der Waals surface area contributed by atoms with E-state index in [2.05, 4.69) is 0 Å². The summed E-state index contributed by atoms with van der Waals surface area (Å²) >= 11 is 0. The van der Waals surface area contributed by atoms with Crippen molar-refractivity contribution in [3.8, 4) is 0 Å². The zero-order valence-corrected chi connectivity index (χ0v) is 11.0. The van der Waals surface area contributed by atoms with Crippen molar-refractivity contribution >= 4 is 11.8 Å². The number of carbonyl (C=O) groups excluding carboxylic acids is 2.